The van der Waals surface area contributed by atoms with Crippen LogP contribution in [0.4, 0.5) is 0 Å². The van der Waals surface area contributed by atoms with E-state index in [9.17, 15) is 0 Å². The van der Waals surface area contributed by atoms with Crippen LogP contribution in [0.1, 0.15) is 10.6 Å². The van der Waals surface area contributed by atoms with Crippen molar-refractivity contribution < 1.29 is 9.47 Å². The van der Waals surface area contributed by atoms with Crippen molar-refractivity contribution in [2.45, 2.75) is 6.61 Å². The average molecular weight is 277 g/mol. The van der Waals surface area contributed by atoms with Gasteiger partial charge in [-0.05, 0) is 12.1 Å². The van der Waals surface area contributed by atoms with Gasteiger partial charge in [0.15, 0.2) is 0 Å². The van der Waals surface area contributed by atoms with Gasteiger partial charge in [-0.3, -0.25) is 5.41 Å². The summed E-state index contributed by atoms with van der Waals surface area (Å²) in [6.45, 7) is 0.343. The van der Waals surface area contributed by atoms with Crippen molar-refractivity contribution in [2.75, 3.05) is 14.2 Å². The van der Waals surface area contributed by atoms with Crippen molar-refractivity contribution in [1.29, 1.82) is 5.41 Å². The van der Waals surface area contributed by atoms with Crippen LogP contribution in [0.3, 0.4) is 0 Å². The van der Waals surface area contributed by atoms with E-state index in [1.807, 2.05) is 24.3 Å². The Morgan fingerprint density at radius 3 is 2.84 bits per heavy atom. The third-order valence-corrected chi connectivity index (χ3v) is 3.72. The number of nitrogens with zero attached hydrogens (tertiary/aromatic N) is 1. The van der Waals surface area contributed by atoms with Crippen LogP contribution in [0.5, 0.6) is 5.75 Å². The van der Waals surface area contributed by atoms with E-state index in [4.69, 9.17) is 20.6 Å². The first-order valence-electron chi connectivity index (χ1n) is 5.63. The summed E-state index contributed by atoms with van der Waals surface area (Å²) in [6.07, 6.45) is 0. The van der Waals surface area contributed by atoms with Crippen LogP contribution in [0.15, 0.2) is 24.3 Å². The zero-order valence-corrected chi connectivity index (χ0v) is 11.6. The fourth-order valence-electron chi connectivity index (χ4n) is 1.68. The molecule has 3 N–H and O–H groups in total. The minimum absolute atomic E-state index is 0.0127. The number of hydrogen-bond acceptors (Lipinski definition) is 5. The molecule has 0 saturated heterocycles. The van der Waals surface area contributed by atoms with E-state index >= 15 is 0 Å². The van der Waals surface area contributed by atoms with Crippen LogP contribution in [-0.2, 0) is 11.3 Å². The number of hydrogen-bond donors (Lipinski definition) is 2. The maximum Gasteiger partial charge on any atom is 0.135 e. The van der Waals surface area contributed by atoms with Gasteiger partial charge < -0.3 is 15.2 Å². The molecule has 1 heterocycles. The summed E-state index contributed by atoms with van der Waals surface area (Å²) in [6, 6.07) is 7.62. The number of benzene rings is 1. The van der Waals surface area contributed by atoms with Gasteiger partial charge >= 0.3 is 0 Å². The Labute approximate surface area is 115 Å². The first-order valence-corrected chi connectivity index (χ1v) is 6.44. The van der Waals surface area contributed by atoms with Crippen LogP contribution in [0.2, 0.25) is 0 Å². The summed E-state index contributed by atoms with van der Waals surface area (Å²) in [7, 11) is 3.22. The molecule has 19 heavy (non-hydrogen) atoms. The first kappa shape index (κ1) is 13.5. The van der Waals surface area contributed by atoms with E-state index in [-0.39, 0.29) is 5.84 Å². The zero-order valence-electron chi connectivity index (χ0n) is 10.8. The quantitative estimate of drug-likeness (QED) is 0.648. The lowest BCUT2D eigenvalue weighted by Crippen LogP contribution is -2.11. The molecule has 6 heteroatoms. The Morgan fingerprint density at radius 2 is 2.21 bits per heavy atom. The second-order valence-electron chi connectivity index (χ2n) is 3.87. The maximum absolute atomic E-state index is 7.58. The normalized spacial score (nSPS) is 10.4. The fraction of sp³-hybridized carbons (Fsp3) is 0.231. The number of rotatable bonds is 5. The van der Waals surface area contributed by atoms with E-state index in [0.29, 0.717) is 17.2 Å². The number of amidine groups is 1. The lowest BCUT2D eigenvalue weighted by atomic mass is 10.2. The molecule has 2 rings (SSSR count). The summed E-state index contributed by atoms with van der Waals surface area (Å²) >= 11 is 1.38. The van der Waals surface area contributed by atoms with E-state index < -0.39 is 0 Å². The first-order chi connectivity index (χ1) is 9.15. The predicted octanol–water partition coefficient (Wildman–Crippen LogP) is 2.25. The van der Waals surface area contributed by atoms with Crippen LogP contribution in [0, 0.1) is 5.41 Å². The van der Waals surface area contributed by atoms with Crippen molar-refractivity contribution >= 4 is 17.2 Å². The Morgan fingerprint density at radius 1 is 1.42 bits per heavy atom. The van der Waals surface area contributed by atoms with Crippen LogP contribution >= 0.6 is 11.3 Å². The molecule has 0 unspecified atom stereocenters. The summed E-state index contributed by atoms with van der Waals surface area (Å²) in [4.78, 5) is 5.14. The van der Waals surface area contributed by atoms with Crippen LogP contribution in [-0.4, -0.2) is 25.0 Å². The van der Waals surface area contributed by atoms with E-state index in [1.54, 1.807) is 14.2 Å². The van der Waals surface area contributed by atoms with E-state index in [0.717, 1.165) is 16.3 Å². The standard InChI is InChI=1S/C13H15N3O2S/c1-17-7-10-11(12(14)15)19-13(16-10)8-4-3-5-9(6-8)18-2/h3-6H,7H2,1-2H3,(H3,14,15). The molecule has 0 aliphatic heterocycles. The topological polar surface area (TPSA) is 81.2 Å². The molecule has 0 aliphatic rings. The summed E-state index contributed by atoms with van der Waals surface area (Å²) in [5, 5.41) is 8.38. The number of nitrogens with one attached hydrogen (secondary N) is 1. The molecular formula is C13H15N3O2S. The molecule has 0 aliphatic carbocycles. The van der Waals surface area contributed by atoms with Crippen molar-refractivity contribution in [3.8, 4) is 16.3 Å². The molecule has 1 aromatic carbocycles. The molecule has 2 aromatic rings. The van der Waals surface area contributed by atoms with Crippen LogP contribution < -0.4 is 10.5 Å². The number of nitrogens with two attached hydrogens (primary N) is 1. The lowest BCUT2D eigenvalue weighted by molar-refractivity contribution is 0.182. The third kappa shape index (κ3) is 2.91. The molecule has 5 nitrogen and oxygen atoms in total. The van der Waals surface area contributed by atoms with Gasteiger partial charge in [0, 0.05) is 12.7 Å². The average Bonchev–Trinajstić information content (AvgIpc) is 2.83. The second-order valence-corrected chi connectivity index (χ2v) is 4.87. The number of thiazole rings is 1. The maximum atomic E-state index is 7.58. The second kappa shape index (κ2) is 5.81. The minimum Gasteiger partial charge on any atom is -0.497 e. The van der Waals surface area contributed by atoms with E-state index in [2.05, 4.69) is 4.98 Å². The summed E-state index contributed by atoms with van der Waals surface area (Å²) in [5.74, 6) is 0.782. The molecule has 0 saturated carbocycles. The van der Waals surface area contributed by atoms with Crippen LogP contribution in [0.25, 0.3) is 10.6 Å². The van der Waals surface area contributed by atoms with Gasteiger partial charge in [-0.1, -0.05) is 12.1 Å². The van der Waals surface area contributed by atoms with E-state index in [1.165, 1.54) is 11.3 Å². The molecule has 0 amide bonds. The molecule has 0 atom stereocenters. The highest BCUT2D eigenvalue weighted by atomic mass is 32.1. The SMILES string of the molecule is COCc1nc(-c2cccc(OC)c2)sc1C(=N)N. The Bertz CT molecular complexity index is 595. The van der Waals surface area contributed by atoms with Gasteiger partial charge in [0.1, 0.15) is 16.6 Å². The Hall–Kier alpha value is -1.92. The zero-order chi connectivity index (χ0) is 13.8. The number of nitrogen functional groups attached to an aromatic ring is 1. The van der Waals surface area contributed by atoms with Gasteiger partial charge in [-0.2, -0.15) is 0 Å². The molecular weight excluding hydrogens is 262 g/mol. The monoisotopic (exact) mass is 277 g/mol. The number of methoxy groups -OCH3 is 2. The van der Waals surface area contributed by atoms with Crippen molar-refractivity contribution in [2.24, 2.45) is 5.73 Å². The molecule has 0 bridgehead atoms. The molecule has 1 aromatic heterocycles. The summed E-state index contributed by atoms with van der Waals surface area (Å²) < 4.78 is 10.3. The summed E-state index contributed by atoms with van der Waals surface area (Å²) in [5.41, 5.74) is 7.20. The Balaban J connectivity index is 2.44. The molecule has 0 spiro atoms. The van der Waals surface area contributed by atoms with Gasteiger partial charge in [0.25, 0.3) is 0 Å². The van der Waals surface area contributed by atoms with Crippen molar-refractivity contribution in [3.63, 3.8) is 0 Å². The largest absolute Gasteiger partial charge is 0.497 e. The number of ether oxygens (including phenoxy) is 2. The van der Waals surface area contributed by atoms with Gasteiger partial charge in [-0.25, -0.2) is 4.98 Å². The molecule has 100 valence electrons. The highest BCUT2D eigenvalue weighted by molar-refractivity contribution is 7.17. The highest BCUT2D eigenvalue weighted by Crippen LogP contribution is 2.30. The molecule has 0 radical (unpaired) electrons. The van der Waals surface area contributed by atoms with Crippen molar-refractivity contribution in [1.82, 2.24) is 4.98 Å². The van der Waals surface area contributed by atoms with Gasteiger partial charge in [-0.15, -0.1) is 11.3 Å². The highest BCUT2D eigenvalue weighted by Gasteiger charge is 2.14. The minimum atomic E-state index is 0.0127. The Kier molecular flexibility index (Phi) is 4.13. The molecule has 0 fully saturated rings. The van der Waals surface area contributed by atoms with Gasteiger partial charge in [0.2, 0.25) is 0 Å². The fourth-order valence-corrected chi connectivity index (χ4v) is 2.60. The van der Waals surface area contributed by atoms with Crippen molar-refractivity contribution in [3.05, 3.63) is 34.8 Å². The smallest absolute Gasteiger partial charge is 0.135 e. The lowest BCUT2D eigenvalue weighted by Gasteiger charge is -2.01. The number of aromatic nitrogens is 1. The predicted molar refractivity (Wildman–Crippen MR) is 75.8 cm³/mol. The van der Waals surface area contributed by atoms with Gasteiger partial charge in [0.05, 0.1) is 24.3 Å². The third-order valence-electron chi connectivity index (χ3n) is 2.54.